The number of rotatable bonds is 10. The maximum atomic E-state index is 12.6. The normalized spacial score (nSPS) is 13.6. The Morgan fingerprint density at radius 2 is 1.59 bits per heavy atom. The standard InChI is InChI=1S/C24H34O6SSi/c1-19-12-14-22(15-13-19)31(26,27)29-18-21(30-32(5,6)24(2,3)4)16-23(25)28-17-20-10-8-7-9-11-20/h7-15,21H,16-18H2,1-6H3/t21-/m1/s1. The van der Waals surface area contributed by atoms with Crippen molar-refractivity contribution < 1.29 is 26.6 Å². The van der Waals surface area contributed by atoms with E-state index in [1.807, 2.05) is 50.3 Å². The Hall–Kier alpha value is -2.00. The van der Waals surface area contributed by atoms with Gasteiger partial charge in [-0.15, -0.1) is 0 Å². The van der Waals surface area contributed by atoms with Crippen molar-refractivity contribution in [1.82, 2.24) is 0 Å². The number of benzene rings is 2. The third-order valence-corrected chi connectivity index (χ3v) is 11.5. The molecule has 2 rings (SSSR count). The number of aryl methyl sites for hydroxylation is 1. The second-order valence-corrected chi connectivity index (χ2v) is 15.8. The van der Waals surface area contributed by atoms with Gasteiger partial charge >= 0.3 is 5.97 Å². The number of carbonyl (C=O) groups excluding carboxylic acids is 1. The van der Waals surface area contributed by atoms with Crippen LogP contribution in [0.25, 0.3) is 0 Å². The van der Waals surface area contributed by atoms with E-state index in [4.69, 9.17) is 13.3 Å². The summed E-state index contributed by atoms with van der Waals surface area (Å²) in [6.07, 6.45) is -0.831. The molecule has 0 bridgehead atoms. The molecule has 8 heteroatoms. The third-order valence-electron chi connectivity index (χ3n) is 5.62. The van der Waals surface area contributed by atoms with Crippen LogP contribution in [0.15, 0.2) is 59.5 Å². The van der Waals surface area contributed by atoms with Crippen LogP contribution >= 0.6 is 0 Å². The van der Waals surface area contributed by atoms with Gasteiger partial charge in [-0.2, -0.15) is 8.42 Å². The van der Waals surface area contributed by atoms with E-state index >= 15 is 0 Å². The first-order valence-corrected chi connectivity index (χ1v) is 15.0. The number of ether oxygens (including phenoxy) is 1. The van der Waals surface area contributed by atoms with Crippen LogP contribution in [0.1, 0.15) is 38.3 Å². The van der Waals surface area contributed by atoms with Crippen molar-refractivity contribution in [2.24, 2.45) is 0 Å². The van der Waals surface area contributed by atoms with Gasteiger partial charge in [0.2, 0.25) is 0 Å². The Bertz CT molecular complexity index is 979. The van der Waals surface area contributed by atoms with Crippen LogP contribution in [0.4, 0.5) is 0 Å². The Morgan fingerprint density at radius 3 is 2.16 bits per heavy atom. The lowest BCUT2D eigenvalue weighted by Gasteiger charge is -2.39. The summed E-state index contributed by atoms with van der Waals surface area (Å²) in [7, 11) is -6.26. The van der Waals surface area contributed by atoms with E-state index in [0.29, 0.717) is 0 Å². The molecule has 2 aromatic carbocycles. The molecule has 2 aromatic rings. The molecule has 6 nitrogen and oxygen atoms in total. The molecule has 0 aliphatic carbocycles. The second-order valence-electron chi connectivity index (χ2n) is 9.40. The summed E-state index contributed by atoms with van der Waals surface area (Å²) in [5.74, 6) is -0.464. The summed E-state index contributed by atoms with van der Waals surface area (Å²) in [4.78, 5) is 12.6. The summed E-state index contributed by atoms with van der Waals surface area (Å²) in [6, 6.07) is 15.8. The molecule has 0 amide bonds. The molecule has 0 aliphatic rings. The van der Waals surface area contributed by atoms with Crippen molar-refractivity contribution in [2.75, 3.05) is 6.61 Å². The van der Waals surface area contributed by atoms with Crippen LogP contribution in [-0.2, 0) is 34.9 Å². The summed E-state index contributed by atoms with van der Waals surface area (Å²) in [5, 5.41) is -0.116. The SMILES string of the molecule is Cc1ccc(S(=O)(=O)OC[C@@H](CC(=O)OCc2ccccc2)O[Si](C)(C)C(C)(C)C)cc1. The largest absolute Gasteiger partial charge is 0.461 e. The minimum atomic E-state index is -3.97. The molecule has 32 heavy (non-hydrogen) atoms. The predicted molar refractivity (Wildman–Crippen MR) is 127 cm³/mol. The molecule has 0 saturated heterocycles. The van der Waals surface area contributed by atoms with Crippen LogP contribution in [0.3, 0.4) is 0 Å². The highest BCUT2D eigenvalue weighted by atomic mass is 32.2. The van der Waals surface area contributed by atoms with Gasteiger partial charge in [0.05, 0.1) is 24.0 Å². The highest BCUT2D eigenvalue weighted by Gasteiger charge is 2.40. The van der Waals surface area contributed by atoms with Gasteiger partial charge in [-0.25, -0.2) is 0 Å². The van der Waals surface area contributed by atoms with E-state index in [1.165, 1.54) is 12.1 Å². The first-order valence-electron chi connectivity index (χ1n) is 10.6. The molecule has 1 atom stereocenters. The lowest BCUT2D eigenvalue weighted by Crippen LogP contribution is -2.45. The van der Waals surface area contributed by atoms with Crippen LogP contribution in [0.5, 0.6) is 0 Å². The van der Waals surface area contributed by atoms with Crippen LogP contribution in [-0.4, -0.2) is 35.4 Å². The van der Waals surface area contributed by atoms with Gasteiger partial charge in [-0.05, 0) is 42.8 Å². The maximum Gasteiger partial charge on any atom is 0.308 e. The van der Waals surface area contributed by atoms with Gasteiger partial charge in [0.1, 0.15) is 6.61 Å². The molecule has 0 aliphatic heterocycles. The molecule has 0 fully saturated rings. The smallest absolute Gasteiger partial charge is 0.308 e. The zero-order chi connectivity index (χ0) is 24.0. The highest BCUT2D eigenvalue weighted by Crippen LogP contribution is 2.37. The summed E-state index contributed by atoms with van der Waals surface area (Å²) in [6.45, 7) is 12.1. The van der Waals surface area contributed by atoms with Gasteiger partial charge in [0.25, 0.3) is 10.1 Å². The van der Waals surface area contributed by atoms with Gasteiger partial charge in [0, 0.05) is 0 Å². The lowest BCUT2D eigenvalue weighted by atomic mass is 10.2. The van der Waals surface area contributed by atoms with E-state index in [0.717, 1.165) is 11.1 Å². The third kappa shape index (κ3) is 7.85. The Labute approximate surface area is 193 Å². The maximum absolute atomic E-state index is 12.6. The monoisotopic (exact) mass is 478 g/mol. The van der Waals surface area contributed by atoms with Gasteiger partial charge < -0.3 is 9.16 Å². The van der Waals surface area contributed by atoms with Crippen molar-refractivity contribution in [3.05, 3.63) is 65.7 Å². The van der Waals surface area contributed by atoms with Gasteiger partial charge in [0.15, 0.2) is 8.32 Å². The molecule has 0 spiro atoms. The van der Waals surface area contributed by atoms with E-state index in [9.17, 15) is 13.2 Å². The molecule has 0 N–H and O–H groups in total. The first-order chi connectivity index (χ1) is 14.8. The molecule has 0 aromatic heterocycles. The molecule has 0 saturated carbocycles. The van der Waals surface area contributed by atoms with Crippen molar-refractivity contribution in [2.45, 2.75) is 69.9 Å². The van der Waals surface area contributed by atoms with Crippen molar-refractivity contribution in [3.8, 4) is 0 Å². The molecular formula is C24H34O6SSi. The van der Waals surface area contributed by atoms with E-state index in [2.05, 4.69) is 20.8 Å². The van der Waals surface area contributed by atoms with Gasteiger partial charge in [-0.3, -0.25) is 8.98 Å². The average Bonchev–Trinajstić information content (AvgIpc) is 2.71. The fraction of sp³-hybridized carbons (Fsp3) is 0.458. The summed E-state index contributed by atoms with van der Waals surface area (Å²) < 4.78 is 42.3. The second kappa shape index (κ2) is 10.7. The van der Waals surface area contributed by atoms with E-state index in [-0.39, 0.29) is 29.6 Å². The Morgan fingerprint density at radius 1 is 1.00 bits per heavy atom. The predicted octanol–water partition coefficient (Wildman–Crippen LogP) is 5.22. The quantitative estimate of drug-likeness (QED) is 0.264. The van der Waals surface area contributed by atoms with Crippen molar-refractivity contribution in [3.63, 3.8) is 0 Å². The lowest BCUT2D eigenvalue weighted by molar-refractivity contribution is -0.147. The minimum Gasteiger partial charge on any atom is -0.461 e. The summed E-state index contributed by atoms with van der Waals surface area (Å²) in [5.41, 5.74) is 1.82. The fourth-order valence-electron chi connectivity index (χ4n) is 2.65. The van der Waals surface area contributed by atoms with Gasteiger partial charge in [-0.1, -0.05) is 68.8 Å². The topological polar surface area (TPSA) is 78.9 Å². The minimum absolute atomic E-state index is 0.0702. The number of esters is 1. The van der Waals surface area contributed by atoms with E-state index < -0.39 is 30.5 Å². The highest BCUT2D eigenvalue weighted by molar-refractivity contribution is 7.86. The fourth-order valence-corrected chi connectivity index (χ4v) is 4.92. The molecule has 0 radical (unpaired) electrons. The molecule has 176 valence electrons. The van der Waals surface area contributed by atoms with Crippen LogP contribution in [0, 0.1) is 6.92 Å². The van der Waals surface area contributed by atoms with Crippen molar-refractivity contribution >= 4 is 24.4 Å². The number of hydrogen-bond acceptors (Lipinski definition) is 6. The van der Waals surface area contributed by atoms with Crippen LogP contribution in [0.2, 0.25) is 18.1 Å². The average molecular weight is 479 g/mol. The summed E-state index contributed by atoms with van der Waals surface area (Å²) >= 11 is 0. The van der Waals surface area contributed by atoms with Crippen LogP contribution < -0.4 is 0 Å². The Kier molecular flexibility index (Phi) is 8.81. The molecule has 0 unspecified atom stereocenters. The molecular weight excluding hydrogens is 444 g/mol. The number of carbonyl (C=O) groups is 1. The Balaban J connectivity index is 2.09. The number of hydrogen-bond donors (Lipinski definition) is 0. The zero-order valence-electron chi connectivity index (χ0n) is 19.8. The molecule has 0 heterocycles. The zero-order valence-corrected chi connectivity index (χ0v) is 21.6. The first kappa shape index (κ1) is 26.3. The van der Waals surface area contributed by atoms with Crippen molar-refractivity contribution in [1.29, 1.82) is 0 Å². The van der Waals surface area contributed by atoms with E-state index in [1.54, 1.807) is 12.1 Å².